The summed E-state index contributed by atoms with van der Waals surface area (Å²) >= 11 is 0. The quantitative estimate of drug-likeness (QED) is 0.416. The van der Waals surface area contributed by atoms with Gasteiger partial charge in [-0.25, -0.2) is 27.7 Å². The topological polar surface area (TPSA) is 99.8 Å². The Labute approximate surface area is 191 Å². The lowest BCUT2D eigenvalue weighted by molar-refractivity contribution is -0.0217. The first-order chi connectivity index (χ1) is 16.2. The van der Waals surface area contributed by atoms with Crippen LogP contribution in [0.15, 0.2) is 61.2 Å². The Hall–Kier alpha value is -4.28. The SMILES string of the molecule is Cc1c(-c2nccc(-c3cnn([C@H](c4ccc(F)cc4)C(C)(F)F)c3)n2)ccn2nc(N)nc12. The molecule has 5 aromatic rings. The Morgan fingerprint density at radius 2 is 1.82 bits per heavy atom. The first kappa shape index (κ1) is 21.6. The fraction of sp³-hybridized carbons (Fsp3) is 0.174. The van der Waals surface area contributed by atoms with Gasteiger partial charge in [-0.3, -0.25) is 4.68 Å². The number of rotatable bonds is 5. The highest BCUT2D eigenvalue weighted by Crippen LogP contribution is 2.35. The zero-order chi connectivity index (χ0) is 24.0. The molecule has 0 spiro atoms. The Bertz CT molecular complexity index is 1480. The van der Waals surface area contributed by atoms with Gasteiger partial charge in [-0.15, -0.1) is 5.10 Å². The lowest BCUT2D eigenvalue weighted by Crippen LogP contribution is -2.29. The number of nitrogens with zero attached hydrogens (tertiary/aromatic N) is 7. The summed E-state index contributed by atoms with van der Waals surface area (Å²) in [7, 11) is 0. The first-order valence-electron chi connectivity index (χ1n) is 10.3. The van der Waals surface area contributed by atoms with E-state index >= 15 is 0 Å². The molecule has 5 rings (SSSR count). The van der Waals surface area contributed by atoms with E-state index in [-0.39, 0.29) is 11.5 Å². The third-order valence-electron chi connectivity index (χ3n) is 5.49. The normalized spacial score (nSPS) is 12.9. The van der Waals surface area contributed by atoms with Crippen molar-refractivity contribution < 1.29 is 13.2 Å². The summed E-state index contributed by atoms with van der Waals surface area (Å²) < 4.78 is 45.1. The molecule has 8 nitrogen and oxygen atoms in total. The fourth-order valence-electron chi connectivity index (χ4n) is 3.92. The zero-order valence-electron chi connectivity index (χ0n) is 18.2. The number of aromatic nitrogens is 7. The van der Waals surface area contributed by atoms with E-state index < -0.39 is 17.8 Å². The smallest absolute Gasteiger partial charge is 0.271 e. The van der Waals surface area contributed by atoms with Gasteiger partial charge in [-0.2, -0.15) is 10.1 Å². The van der Waals surface area contributed by atoms with Gasteiger partial charge in [0.1, 0.15) is 11.9 Å². The summed E-state index contributed by atoms with van der Waals surface area (Å²) in [6.45, 7) is 2.67. The van der Waals surface area contributed by atoms with Crippen molar-refractivity contribution in [3.8, 4) is 22.6 Å². The molecule has 0 saturated carbocycles. The van der Waals surface area contributed by atoms with Crippen LogP contribution >= 0.6 is 0 Å². The molecule has 2 N–H and O–H groups in total. The number of anilines is 1. The average molecular weight is 464 g/mol. The van der Waals surface area contributed by atoms with Gasteiger partial charge in [0.05, 0.1) is 11.9 Å². The minimum absolute atomic E-state index is 0.158. The minimum atomic E-state index is -3.15. The summed E-state index contributed by atoms with van der Waals surface area (Å²) in [4.78, 5) is 13.2. The molecule has 0 unspecified atom stereocenters. The van der Waals surface area contributed by atoms with Crippen molar-refractivity contribution in [2.45, 2.75) is 25.8 Å². The van der Waals surface area contributed by atoms with Gasteiger partial charge in [0.2, 0.25) is 5.95 Å². The van der Waals surface area contributed by atoms with Crippen molar-refractivity contribution >= 4 is 11.6 Å². The van der Waals surface area contributed by atoms with Crippen LogP contribution in [-0.4, -0.2) is 40.3 Å². The molecule has 0 aliphatic rings. The zero-order valence-corrected chi connectivity index (χ0v) is 18.2. The minimum Gasteiger partial charge on any atom is -0.366 e. The predicted molar refractivity (Wildman–Crippen MR) is 120 cm³/mol. The fourth-order valence-corrected chi connectivity index (χ4v) is 3.92. The van der Waals surface area contributed by atoms with Gasteiger partial charge in [-0.05, 0) is 36.8 Å². The first-order valence-corrected chi connectivity index (χ1v) is 10.3. The van der Waals surface area contributed by atoms with E-state index in [1.807, 2.05) is 6.92 Å². The number of pyridine rings is 1. The van der Waals surface area contributed by atoms with E-state index in [0.717, 1.165) is 30.2 Å². The van der Waals surface area contributed by atoms with Crippen LogP contribution in [0, 0.1) is 12.7 Å². The largest absolute Gasteiger partial charge is 0.366 e. The van der Waals surface area contributed by atoms with Gasteiger partial charge < -0.3 is 5.73 Å². The number of nitrogens with two attached hydrogens (primary N) is 1. The third-order valence-corrected chi connectivity index (χ3v) is 5.49. The molecule has 0 radical (unpaired) electrons. The third kappa shape index (κ3) is 3.85. The van der Waals surface area contributed by atoms with Crippen LogP contribution in [0.25, 0.3) is 28.3 Å². The van der Waals surface area contributed by atoms with Crippen LogP contribution in [0.5, 0.6) is 0 Å². The van der Waals surface area contributed by atoms with Crippen LogP contribution in [0.2, 0.25) is 0 Å². The van der Waals surface area contributed by atoms with Crippen molar-refractivity contribution in [3.63, 3.8) is 0 Å². The number of aryl methyl sites for hydroxylation is 1. The second kappa shape index (κ2) is 7.94. The molecule has 34 heavy (non-hydrogen) atoms. The second-order valence-corrected chi connectivity index (χ2v) is 7.98. The predicted octanol–water partition coefficient (Wildman–Crippen LogP) is 4.32. The van der Waals surface area contributed by atoms with Gasteiger partial charge in [0.15, 0.2) is 11.5 Å². The van der Waals surface area contributed by atoms with Crippen LogP contribution in [-0.2, 0) is 0 Å². The molecule has 0 aliphatic carbocycles. The summed E-state index contributed by atoms with van der Waals surface area (Å²) in [6, 6.07) is 7.03. The number of fused-ring (bicyclic) bond motifs is 1. The van der Waals surface area contributed by atoms with E-state index in [2.05, 4.69) is 25.1 Å². The molecule has 0 saturated heterocycles. The molecule has 11 heteroatoms. The van der Waals surface area contributed by atoms with E-state index in [9.17, 15) is 13.2 Å². The molecule has 0 aliphatic heterocycles. The average Bonchev–Trinajstić information content (AvgIpc) is 3.42. The maximum Gasteiger partial charge on any atom is 0.271 e. The van der Waals surface area contributed by atoms with Crippen molar-refractivity contribution in [2.75, 3.05) is 5.73 Å². The van der Waals surface area contributed by atoms with E-state index in [0.29, 0.717) is 22.7 Å². The standard InChI is InChI=1S/C23H19F3N8/c1-13-17(8-10-33-21(13)31-22(27)32-33)20-28-9-7-18(30-20)15-11-29-34(12-15)19(23(2,25)26)14-3-5-16(24)6-4-14/h3-12,19H,1-2H3,(H2,27,32)/t19-/m1/s1. The van der Waals surface area contributed by atoms with Crippen LogP contribution in [0.3, 0.4) is 0 Å². The lowest BCUT2D eigenvalue weighted by Gasteiger charge is -2.24. The maximum absolute atomic E-state index is 14.5. The van der Waals surface area contributed by atoms with Crippen LogP contribution in [0.4, 0.5) is 19.1 Å². The molecule has 1 atom stereocenters. The van der Waals surface area contributed by atoms with Crippen molar-refractivity contribution in [1.29, 1.82) is 0 Å². The monoisotopic (exact) mass is 464 g/mol. The molecule has 4 aromatic heterocycles. The second-order valence-electron chi connectivity index (χ2n) is 7.98. The molecule has 172 valence electrons. The van der Waals surface area contributed by atoms with Crippen molar-refractivity contribution in [3.05, 3.63) is 78.1 Å². The number of halogens is 3. The molecular weight excluding hydrogens is 445 g/mol. The lowest BCUT2D eigenvalue weighted by atomic mass is 10.0. The molecule has 4 heterocycles. The van der Waals surface area contributed by atoms with Crippen molar-refractivity contribution in [2.24, 2.45) is 0 Å². The number of nitrogen functional groups attached to an aromatic ring is 1. The van der Waals surface area contributed by atoms with Crippen molar-refractivity contribution in [1.82, 2.24) is 34.3 Å². The Balaban J connectivity index is 1.53. The van der Waals surface area contributed by atoms with Gasteiger partial charge in [-0.1, -0.05) is 12.1 Å². The maximum atomic E-state index is 14.5. The Morgan fingerprint density at radius 1 is 1.06 bits per heavy atom. The molecule has 0 fully saturated rings. The number of hydrogen-bond donors (Lipinski definition) is 1. The van der Waals surface area contributed by atoms with Crippen LogP contribution < -0.4 is 5.73 Å². The highest BCUT2D eigenvalue weighted by molar-refractivity contribution is 5.70. The summed E-state index contributed by atoms with van der Waals surface area (Å²) in [6.07, 6.45) is 6.25. The van der Waals surface area contributed by atoms with E-state index in [1.165, 1.54) is 29.2 Å². The molecule has 0 bridgehead atoms. The van der Waals surface area contributed by atoms with Gasteiger partial charge >= 0.3 is 0 Å². The number of alkyl halides is 2. The van der Waals surface area contributed by atoms with E-state index in [1.54, 1.807) is 29.0 Å². The number of benzene rings is 1. The van der Waals surface area contributed by atoms with Gasteiger partial charge in [0.25, 0.3) is 5.92 Å². The Kier molecular flexibility index (Phi) is 5.03. The van der Waals surface area contributed by atoms with E-state index in [4.69, 9.17) is 5.73 Å². The molecule has 1 aromatic carbocycles. The highest BCUT2D eigenvalue weighted by Gasteiger charge is 2.37. The summed E-state index contributed by atoms with van der Waals surface area (Å²) in [5.41, 5.74) is 9.09. The summed E-state index contributed by atoms with van der Waals surface area (Å²) in [5, 5.41) is 8.26. The van der Waals surface area contributed by atoms with Crippen LogP contribution in [0.1, 0.15) is 24.1 Å². The highest BCUT2D eigenvalue weighted by atomic mass is 19.3. The van der Waals surface area contributed by atoms with Gasteiger partial charge in [0, 0.05) is 42.2 Å². The Morgan fingerprint density at radius 3 is 2.56 bits per heavy atom. The summed E-state index contributed by atoms with van der Waals surface area (Å²) in [5.74, 6) is -3.06. The number of hydrogen-bond acceptors (Lipinski definition) is 6. The molecular formula is C23H19F3N8. The molecule has 0 amide bonds.